The van der Waals surface area contributed by atoms with Crippen molar-refractivity contribution in [3.8, 4) is 0 Å². The van der Waals surface area contributed by atoms with Gasteiger partial charge in [0.2, 0.25) is 16.8 Å². The van der Waals surface area contributed by atoms with Gasteiger partial charge < -0.3 is 11.1 Å². The molecule has 3 aromatic rings. The van der Waals surface area contributed by atoms with Crippen LogP contribution in [0, 0.1) is 10.1 Å². The second kappa shape index (κ2) is 6.62. The quantitative estimate of drug-likeness (QED) is 0.363. The van der Waals surface area contributed by atoms with Crippen LogP contribution in [0.25, 0.3) is 0 Å². The Morgan fingerprint density at radius 2 is 1.82 bits per heavy atom. The maximum Gasteiger partial charge on any atom is 0.353 e. The minimum Gasteiger partial charge on any atom is -0.378 e. The summed E-state index contributed by atoms with van der Waals surface area (Å²) >= 11 is 1.02. The molecule has 0 unspecified atom stereocenters. The average Bonchev–Trinajstić information content (AvgIpc) is 3.20. The molecule has 3 N–H and O–H groups in total. The highest BCUT2D eigenvalue weighted by Gasteiger charge is 2.35. The number of nitrogen functional groups attached to an aromatic ring is 1. The van der Waals surface area contributed by atoms with E-state index < -0.39 is 22.4 Å². The molecule has 3 heterocycles. The zero-order chi connectivity index (χ0) is 19.8. The van der Waals surface area contributed by atoms with Gasteiger partial charge in [-0.3, -0.25) is 24.6 Å². The normalized spacial score (nSPS) is 12.9. The first-order valence-corrected chi connectivity index (χ1v) is 8.57. The fraction of sp³-hybridized carbons (Fsp3) is 0.0667. The van der Waals surface area contributed by atoms with Crippen molar-refractivity contribution in [3.63, 3.8) is 0 Å². The lowest BCUT2D eigenvalue weighted by Gasteiger charge is -2.10. The maximum absolute atomic E-state index is 12.4. The molecule has 0 saturated carbocycles. The van der Waals surface area contributed by atoms with E-state index in [-0.39, 0.29) is 23.3 Å². The summed E-state index contributed by atoms with van der Waals surface area (Å²) in [6, 6.07) is 6.53. The first-order chi connectivity index (χ1) is 13.5. The number of anilines is 3. The van der Waals surface area contributed by atoms with Gasteiger partial charge in [-0.1, -0.05) is 23.5 Å². The molecule has 0 aliphatic carbocycles. The first kappa shape index (κ1) is 17.4. The number of nitro groups is 1. The summed E-state index contributed by atoms with van der Waals surface area (Å²) in [6.07, 6.45) is 1.07. The lowest BCUT2D eigenvalue weighted by Crippen LogP contribution is -2.29. The molecule has 2 aromatic heterocycles. The average molecular weight is 398 g/mol. The Balaban J connectivity index is 1.54. The van der Waals surface area contributed by atoms with E-state index in [0.717, 1.165) is 22.6 Å². The summed E-state index contributed by atoms with van der Waals surface area (Å²) in [5, 5.41) is 22.1. The maximum atomic E-state index is 12.4. The molecule has 2 amide bonds. The molecule has 1 aliphatic heterocycles. The molecule has 13 heteroatoms. The zero-order valence-electron chi connectivity index (χ0n) is 13.9. The highest BCUT2D eigenvalue weighted by molar-refractivity contribution is 7.15. The Kier molecular flexibility index (Phi) is 4.12. The predicted octanol–water partition coefficient (Wildman–Crippen LogP) is 1.36. The van der Waals surface area contributed by atoms with Crippen molar-refractivity contribution in [2.45, 2.75) is 6.54 Å². The molecular weight excluding hydrogens is 388 g/mol. The van der Waals surface area contributed by atoms with Gasteiger partial charge in [-0.05, 0) is 12.1 Å². The van der Waals surface area contributed by atoms with Crippen LogP contribution in [0.3, 0.4) is 0 Å². The number of nitrogens with two attached hydrogens (primary N) is 1. The van der Waals surface area contributed by atoms with Gasteiger partial charge in [-0.25, -0.2) is 9.97 Å². The number of amides is 2. The van der Waals surface area contributed by atoms with Gasteiger partial charge in [0.05, 0.1) is 22.6 Å². The van der Waals surface area contributed by atoms with E-state index in [0.29, 0.717) is 16.1 Å². The summed E-state index contributed by atoms with van der Waals surface area (Å²) in [7, 11) is 0. The van der Waals surface area contributed by atoms with Crippen molar-refractivity contribution in [2.75, 3.05) is 11.1 Å². The van der Waals surface area contributed by atoms with Gasteiger partial charge in [-0.15, -0.1) is 10.2 Å². The third kappa shape index (κ3) is 2.88. The standard InChI is InChI=1S/C15H10N8O4S/c16-11-10(23(26)27)12(18-6-17-11)19-15-21-20-9(28-15)5-22-13(24)7-3-1-2-4-8(7)14(22)25/h1-4,6H,5H2,(H3,16,17,18,19,21). The van der Waals surface area contributed by atoms with Gasteiger partial charge in [0.25, 0.3) is 11.8 Å². The number of benzene rings is 1. The van der Waals surface area contributed by atoms with Crippen molar-refractivity contribution in [1.82, 2.24) is 25.1 Å². The number of nitrogens with one attached hydrogen (secondary N) is 1. The predicted molar refractivity (Wildman–Crippen MR) is 96.9 cm³/mol. The van der Waals surface area contributed by atoms with Crippen molar-refractivity contribution in [3.05, 3.63) is 56.8 Å². The zero-order valence-corrected chi connectivity index (χ0v) is 14.7. The van der Waals surface area contributed by atoms with Crippen molar-refractivity contribution in [1.29, 1.82) is 0 Å². The monoisotopic (exact) mass is 398 g/mol. The first-order valence-electron chi connectivity index (χ1n) is 7.75. The van der Waals surface area contributed by atoms with E-state index in [1.165, 1.54) is 0 Å². The number of fused-ring (bicyclic) bond motifs is 1. The van der Waals surface area contributed by atoms with Crippen LogP contribution in [0.4, 0.5) is 22.5 Å². The fourth-order valence-electron chi connectivity index (χ4n) is 2.65. The number of hydrogen-bond acceptors (Lipinski definition) is 11. The van der Waals surface area contributed by atoms with Gasteiger partial charge in [0.15, 0.2) is 0 Å². The molecule has 0 spiro atoms. The minimum absolute atomic E-state index is 0.0697. The molecule has 4 rings (SSSR count). The molecular formula is C15H10N8O4S. The van der Waals surface area contributed by atoms with Gasteiger partial charge in [-0.2, -0.15) is 0 Å². The Hall–Kier alpha value is -4.00. The molecule has 1 aromatic carbocycles. The summed E-state index contributed by atoms with van der Waals surface area (Å²) < 4.78 is 0. The molecule has 12 nitrogen and oxygen atoms in total. The summed E-state index contributed by atoms with van der Waals surface area (Å²) in [5.74, 6) is -1.26. The molecule has 140 valence electrons. The van der Waals surface area contributed by atoms with Crippen molar-refractivity contribution < 1.29 is 14.5 Å². The minimum atomic E-state index is -0.710. The molecule has 0 bridgehead atoms. The third-order valence-corrected chi connectivity index (χ3v) is 4.72. The second-order valence-electron chi connectivity index (χ2n) is 5.58. The lowest BCUT2D eigenvalue weighted by atomic mass is 10.1. The third-order valence-electron chi connectivity index (χ3n) is 3.90. The number of rotatable bonds is 5. The largest absolute Gasteiger partial charge is 0.378 e. The van der Waals surface area contributed by atoms with E-state index in [1.807, 2.05) is 0 Å². The Morgan fingerprint density at radius 1 is 1.14 bits per heavy atom. The van der Waals surface area contributed by atoms with E-state index in [4.69, 9.17) is 5.73 Å². The van der Waals surface area contributed by atoms with E-state index in [1.54, 1.807) is 24.3 Å². The molecule has 28 heavy (non-hydrogen) atoms. The smallest absolute Gasteiger partial charge is 0.353 e. The highest BCUT2D eigenvalue weighted by atomic mass is 32.1. The van der Waals surface area contributed by atoms with Gasteiger partial charge >= 0.3 is 5.69 Å². The Morgan fingerprint density at radius 3 is 2.46 bits per heavy atom. The number of hydrogen-bond donors (Lipinski definition) is 2. The SMILES string of the molecule is Nc1ncnc(Nc2nnc(CN3C(=O)c4ccccc4C3=O)s2)c1[N+](=O)[O-]. The molecule has 0 saturated heterocycles. The summed E-state index contributed by atoms with van der Waals surface area (Å²) in [4.78, 5) is 43.7. The number of carbonyl (C=O) groups excluding carboxylic acids is 2. The molecule has 0 radical (unpaired) electrons. The van der Waals surface area contributed by atoms with Gasteiger partial charge in [0.1, 0.15) is 11.3 Å². The number of imide groups is 1. The van der Waals surface area contributed by atoms with Crippen LogP contribution < -0.4 is 11.1 Å². The summed E-state index contributed by atoms with van der Waals surface area (Å²) in [5.41, 5.74) is 5.70. The van der Waals surface area contributed by atoms with Crippen LogP contribution in [-0.2, 0) is 6.54 Å². The summed E-state index contributed by atoms with van der Waals surface area (Å²) in [6.45, 7) is -0.0697. The number of nitrogens with zero attached hydrogens (tertiary/aromatic N) is 6. The van der Waals surface area contributed by atoms with Crippen molar-refractivity contribution in [2.24, 2.45) is 0 Å². The van der Waals surface area contributed by atoms with Crippen LogP contribution in [0.5, 0.6) is 0 Å². The molecule has 1 aliphatic rings. The molecule has 0 fully saturated rings. The Bertz CT molecular complexity index is 1100. The van der Waals surface area contributed by atoms with Crippen LogP contribution in [0.2, 0.25) is 0 Å². The van der Waals surface area contributed by atoms with E-state index >= 15 is 0 Å². The Labute approximate surface area is 160 Å². The van der Waals surface area contributed by atoms with Crippen LogP contribution in [-0.4, -0.2) is 41.8 Å². The van der Waals surface area contributed by atoms with Gasteiger partial charge in [0, 0.05) is 0 Å². The van der Waals surface area contributed by atoms with E-state index in [9.17, 15) is 19.7 Å². The van der Waals surface area contributed by atoms with Crippen LogP contribution in [0.15, 0.2) is 30.6 Å². The lowest BCUT2D eigenvalue weighted by molar-refractivity contribution is -0.383. The number of carbonyl (C=O) groups is 2. The second-order valence-corrected chi connectivity index (χ2v) is 6.64. The number of aromatic nitrogens is 4. The van der Waals surface area contributed by atoms with Crippen LogP contribution in [0.1, 0.15) is 25.7 Å². The fourth-order valence-corrected chi connectivity index (χ4v) is 3.38. The van der Waals surface area contributed by atoms with E-state index in [2.05, 4.69) is 25.5 Å². The topological polar surface area (TPSA) is 170 Å². The van der Waals surface area contributed by atoms with Crippen LogP contribution >= 0.6 is 11.3 Å². The highest BCUT2D eigenvalue weighted by Crippen LogP contribution is 2.31. The van der Waals surface area contributed by atoms with Crippen molar-refractivity contribution >= 4 is 45.6 Å². The molecule has 0 atom stereocenters.